The van der Waals surface area contributed by atoms with Gasteiger partial charge in [0.25, 0.3) is 5.92 Å². The highest BCUT2D eigenvalue weighted by molar-refractivity contribution is 5.85. The highest BCUT2D eigenvalue weighted by atomic mass is 19.3. The second kappa shape index (κ2) is 15.6. The molecular formula is C29H39F4N3O4. The number of halogens is 4. The number of hydrogen-bond donors (Lipinski definition) is 4. The van der Waals surface area contributed by atoms with E-state index in [2.05, 4.69) is 10.6 Å². The molecule has 40 heavy (non-hydrogen) atoms. The van der Waals surface area contributed by atoms with Crippen molar-refractivity contribution in [3.63, 3.8) is 0 Å². The fraction of sp³-hybridized carbons (Fsp3) is 0.517. The molecule has 0 aliphatic rings. The van der Waals surface area contributed by atoms with E-state index in [4.69, 9.17) is 0 Å². The number of rotatable bonds is 16. The van der Waals surface area contributed by atoms with E-state index in [1.54, 1.807) is 6.92 Å². The van der Waals surface area contributed by atoms with Gasteiger partial charge in [-0.05, 0) is 48.1 Å². The Morgan fingerprint density at radius 2 is 1.68 bits per heavy atom. The quantitative estimate of drug-likeness (QED) is 0.216. The Kier molecular flexibility index (Phi) is 12.9. The molecular weight excluding hydrogens is 530 g/mol. The van der Waals surface area contributed by atoms with E-state index >= 15 is 0 Å². The van der Waals surface area contributed by atoms with Gasteiger partial charge in [0.1, 0.15) is 17.7 Å². The molecule has 222 valence electrons. The van der Waals surface area contributed by atoms with Gasteiger partial charge in [-0.25, -0.2) is 22.4 Å². The Balaban J connectivity index is 2.24. The third kappa shape index (κ3) is 10.8. The summed E-state index contributed by atoms with van der Waals surface area (Å²) in [7, 11) is 1.02. The largest absolute Gasteiger partial charge is 0.465 e. The first kappa shape index (κ1) is 33.0. The van der Waals surface area contributed by atoms with Crippen LogP contribution in [-0.2, 0) is 24.2 Å². The van der Waals surface area contributed by atoms with Crippen LogP contribution in [0.15, 0.2) is 42.5 Å². The van der Waals surface area contributed by atoms with Crippen molar-refractivity contribution in [2.24, 2.45) is 0 Å². The molecule has 7 nitrogen and oxygen atoms in total. The number of aryl methyl sites for hydroxylation is 1. The zero-order chi connectivity index (χ0) is 29.9. The summed E-state index contributed by atoms with van der Waals surface area (Å²) in [6.07, 6.45) is -3.15. The van der Waals surface area contributed by atoms with Crippen molar-refractivity contribution in [1.82, 2.24) is 15.5 Å². The number of amides is 2. The Hall–Kier alpha value is -3.18. The monoisotopic (exact) mass is 569 g/mol. The van der Waals surface area contributed by atoms with Gasteiger partial charge in [0, 0.05) is 39.0 Å². The topological polar surface area (TPSA) is 102 Å². The van der Waals surface area contributed by atoms with Gasteiger partial charge < -0.3 is 20.8 Å². The van der Waals surface area contributed by atoms with E-state index in [1.165, 1.54) is 0 Å². The van der Waals surface area contributed by atoms with Crippen LogP contribution in [0.2, 0.25) is 0 Å². The van der Waals surface area contributed by atoms with Crippen molar-refractivity contribution in [3.05, 3.63) is 70.8 Å². The molecule has 0 aromatic heterocycles. The molecule has 11 heteroatoms. The van der Waals surface area contributed by atoms with Crippen LogP contribution in [0.5, 0.6) is 0 Å². The summed E-state index contributed by atoms with van der Waals surface area (Å²) in [5.74, 6) is -6.07. The maximum absolute atomic E-state index is 14.6. The van der Waals surface area contributed by atoms with E-state index < -0.39 is 60.6 Å². The average Bonchev–Trinajstić information content (AvgIpc) is 2.89. The van der Waals surface area contributed by atoms with E-state index in [-0.39, 0.29) is 24.9 Å². The standard InChI is InChI=1S/C29H39F4N3O4/c1-4-6-10-29(32,33)16-25(36(3)28(39)40)27(38)35-24(14-21-12-22(30)15-23(31)13-21)26(37)18-34-17-20-9-7-8-19(5-2)11-20/h7-9,11-13,15,24-26,34,37H,4-6,10,14,16-18H2,1-3H3,(H,35,38)(H,39,40)/t24-,25+,26+/m0/s1. The molecule has 0 bridgehead atoms. The number of nitrogens with one attached hydrogen (secondary N) is 2. The molecule has 3 atom stereocenters. The van der Waals surface area contributed by atoms with Gasteiger partial charge in [0.15, 0.2) is 0 Å². The lowest BCUT2D eigenvalue weighted by atomic mass is 9.98. The van der Waals surface area contributed by atoms with Gasteiger partial charge in [-0.3, -0.25) is 9.69 Å². The average molecular weight is 570 g/mol. The number of aliphatic hydroxyl groups is 1. The van der Waals surface area contributed by atoms with Crippen LogP contribution in [0.25, 0.3) is 0 Å². The molecule has 0 fully saturated rings. The van der Waals surface area contributed by atoms with E-state index in [0.717, 1.165) is 36.7 Å². The van der Waals surface area contributed by atoms with Crippen molar-refractivity contribution in [1.29, 1.82) is 0 Å². The molecule has 0 unspecified atom stereocenters. The third-order valence-corrected chi connectivity index (χ3v) is 6.71. The van der Waals surface area contributed by atoms with Gasteiger partial charge in [0.05, 0.1) is 12.1 Å². The highest BCUT2D eigenvalue weighted by Crippen LogP contribution is 2.29. The van der Waals surface area contributed by atoms with Gasteiger partial charge in [-0.1, -0.05) is 44.5 Å². The second-order valence-corrected chi connectivity index (χ2v) is 10.0. The molecule has 2 amide bonds. The molecule has 0 saturated carbocycles. The molecule has 0 aliphatic carbocycles. The molecule has 2 rings (SSSR count). The molecule has 0 heterocycles. The van der Waals surface area contributed by atoms with E-state index in [1.807, 2.05) is 31.2 Å². The number of carboxylic acid groups (broad SMARTS) is 1. The van der Waals surface area contributed by atoms with Crippen LogP contribution in [0.3, 0.4) is 0 Å². The van der Waals surface area contributed by atoms with Gasteiger partial charge in [-0.15, -0.1) is 0 Å². The molecule has 0 saturated heterocycles. The van der Waals surface area contributed by atoms with Crippen LogP contribution < -0.4 is 10.6 Å². The van der Waals surface area contributed by atoms with Crippen LogP contribution in [-0.4, -0.2) is 64.8 Å². The van der Waals surface area contributed by atoms with Crippen molar-refractivity contribution >= 4 is 12.0 Å². The molecule has 2 aromatic carbocycles. The van der Waals surface area contributed by atoms with Gasteiger partial charge in [0.2, 0.25) is 5.91 Å². The zero-order valence-corrected chi connectivity index (χ0v) is 23.1. The SMILES string of the molecule is CCCCC(F)(F)C[C@H](C(=O)N[C@@H](Cc1cc(F)cc(F)c1)[C@H](O)CNCc1cccc(CC)c1)N(C)C(=O)O. The predicted octanol–water partition coefficient (Wildman–Crippen LogP) is 4.90. The first-order valence-electron chi connectivity index (χ1n) is 13.4. The van der Waals surface area contributed by atoms with Crippen molar-refractivity contribution in [2.75, 3.05) is 13.6 Å². The van der Waals surface area contributed by atoms with Crippen molar-refractivity contribution < 1.29 is 37.4 Å². The maximum atomic E-state index is 14.6. The van der Waals surface area contributed by atoms with Crippen LogP contribution >= 0.6 is 0 Å². The summed E-state index contributed by atoms with van der Waals surface area (Å²) < 4.78 is 56.9. The summed E-state index contributed by atoms with van der Waals surface area (Å²) in [4.78, 5) is 25.3. The second-order valence-electron chi connectivity index (χ2n) is 10.0. The van der Waals surface area contributed by atoms with Crippen molar-refractivity contribution in [2.45, 2.75) is 83.0 Å². The normalized spacial score (nSPS) is 13.9. The van der Waals surface area contributed by atoms with Crippen molar-refractivity contribution in [3.8, 4) is 0 Å². The minimum Gasteiger partial charge on any atom is -0.465 e. The molecule has 0 spiro atoms. The van der Waals surface area contributed by atoms with Crippen LogP contribution in [0.1, 0.15) is 56.2 Å². The molecule has 2 aromatic rings. The minimum absolute atomic E-state index is 0.0504. The summed E-state index contributed by atoms with van der Waals surface area (Å²) in [6.45, 7) is 4.09. The number of alkyl halides is 2. The van der Waals surface area contributed by atoms with Gasteiger partial charge >= 0.3 is 6.09 Å². The number of carbonyl (C=O) groups excluding carboxylic acids is 1. The smallest absolute Gasteiger partial charge is 0.407 e. The van der Waals surface area contributed by atoms with E-state index in [9.17, 15) is 37.4 Å². The number of aliphatic hydroxyl groups excluding tert-OH is 1. The lowest BCUT2D eigenvalue weighted by molar-refractivity contribution is -0.131. The number of hydrogen-bond acceptors (Lipinski definition) is 4. The fourth-order valence-corrected chi connectivity index (χ4v) is 4.37. The van der Waals surface area contributed by atoms with E-state index in [0.29, 0.717) is 23.9 Å². The Labute approximate surface area is 232 Å². The van der Waals surface area contributed by atoms with Gasteiger partial charge in [-0.2, -0.15) is 0 Å². The summed E-state index contributed by atoms with van der Waals surface area (Å²) in [5, 5.41) is 26.0. The minimum atomic E-state index is -3.31. The number of carbonyl (C=O) groups is 2. The maximum Gasteiger partial charge on any atom is 0.407 e. The number of nitrogens with zero attached hydrogens (tertiary/aromatic N) is 1. The molecule has 0 radical (unpaired) electrons. The van der Waals surface area contributed by atoms with Crippen LogP contribution in [0.4, 0.5) is 22.4 Å². The Bertz CT molecular complexity index is 1100. The third-order valence-electron chi connectivity index (χ3n) is 6.71. The zero-order valence-electron chi connectivity index (χ0n) is 23.1. The first-order valence-corrected chi connectivity index (χ1v) is 13.4. The highest BCUT2D eigenvalue weighted by Gasteiger charge is 2.39. The summed E-state index contributed by atoms with van der Waals surface area (Å²) in [6, 6.07) is 7.62. The first-order chi connectivity index (χ1) is 18.8. The summed E-state index contributed by atoms with van der Waals surface area (Å²) in [5.41, 5.74) is 2.20. The molecule has 0 aliphatic heterocycles. The number of likely N-dealkylation sites (N-methyl/N-ethyl adjacent to an activating group) is 1. The number of unbranched alkanes of at least 4 members (excludes halogenated alkanes) is 1. The fourth-order valence-electron chi connectivity index (χ4n) is 4.37. The summed E-state index contributed by atoms with van der Waals surface area (Å²) >= 11 is 0. The van der Waals surface area contributed by atoms with Crippen LogP contribution in [0, 0.1) is 11.6 Å². The predicted molar refractivity (Wildman–Crippen MR) is 144 cm³/mol. The lowest BCUT2D eigenvalue weighted by Gasteiger charge is -2.31. The Morgan fingerprint density at radius 1 is 1.02 bits per heavy atom. The molecule has 4 N–H and O–H groups in total. The lowest BCUT2D eigenvalue weighted by Crippen LogP contribution is -2.56. The Morgan fingerprint density at radius 3 is 2.27 bits per heavy atom. The number of benzene rings is 2.